The van der Waals surface area contributed by atoms with Crippen LogP contribution in [0.25, 0.3) is 0 Å². The van der Waals surface area contributed by atoms with Gasteiger partial charge >= 0.3 is 0 Å². The Morgan fingerprint density at radius 2 is 1.85 bits per heavy atom. The number of aromatic amines is 1. The Kier molecular flexibility index (Phi) is 4.45. The van der Waals surface area contributed by atoms with Gasteiger partial charge in [-0.3, -0.25) is 9.59 Å². The molecule has 2 saturated heterocycles. The van der Waals surface area contributed by atoms with Crippen LogP contribution in [-0.4, -0.2) is 46.2 Å². The Morgan fingerprint density at radius 3 is 2.48 bits per heavy atom. The van der Waals surface area contributed by atoms with E-state index in [1.165, 1.54) is 12.1 Å². The molecule has 1 aromatic carbocycles. The van der Waals surface area contributed by atoms with Crippen molar-refractivity contribution in [3.05, 3.63) is 59.4 Å². The summed E-state index contributed by atoms with van der Waals surface area (Å²) in [6.45, 7) is 1.98. The fourth-order valence-corrected chi connectivity index (χ4v) is 4.20. The number of rotatable bonds is 3. The zero-order valence-electron chi connectivity index (χ0n) is 14.9. The summed E-state index contributed by atoms with van der Waals surface area (Å²) in [4.78, 5) is 31.3. The van der Waals surface area contributed by atoms with Gasteiger partial charge in [-0.05, 0) is 42.7 Å². The lowest BCUT2D eigenvalue weighted by molar-refractivity contribution is -0.128. The normalized spacial score (nSPS) is 19.1. The minimum absolute atomic E-state index is 0.00353. The summed E-state index contributed by atoms with van der Waals surface area (Å²) < 4.78 is 26.8. The highest BCUT2D eigenvalue weighted by Gasteiger charge is 2.45. The second kappa shape index (κ2) is 6.79. The van der Waals surface area contributed by atoms with Crippen molar-refractivity contribution in [3.63, 3.8) is 0 Å². The second-order valence-corrected chi connectivity index (χ2v) is 7.58. The Bertz CT molecular complexity index is 838. The molecule has 5 nitrogen and oxygen atoms in total. The van der Waals surface area contributed by atoms with Crippen LogP contribution in [-0.2, 0) is 11.3 Å². The van der Waals surface area contributed by atoms with Crippen LogP contribution in [0, 0.1) is 17.0 Å². The average Bonchev–Trinajstić information content (AvgIpc) is 3.23. The topological polar surface area (TPSA) is 56.4 Å². The van der Waals surface area contributed by atoms with Crippen molar-refractivity contribution >= 4 is 11.8 Å². The van der Waals surface area contributed by atoms with Gasteiger partial charge in [0.15, 0.2) is 0 Å². The number of halogens is 2. The van der Waals surface area contributed by atoms with Gasteiger partial charge in [-0.25, -0.2) is 8.78 Å². The number of hydrogen-bond acceptors (Lipinski definition) is 2. The van der Waals surface area contributed by atoms with Crippen LogP contribution in [0.5, 0.6) is 0 Å². The average molecular weight is 373 g/mol. The predicted molar refractivity (Wildman–Crippen MR) is 94.8 cm³/mol. The molecule has 1 aromatic heterocycles. The second-order valence-electron chi connectivity index (χ2n) is 7.58. The summed E-state index contributed by atoms with van der Waals surface area (Å²) in [6, 6.07) is 6.90. The first-order valence-electron chi connectivity index (χ1n) is 9.10. The lowest BCUT2D eigenvalue weighted by atomic mass is 9.77. The monoisotopic (exact) mass is 373 g/mol. The molecule has 4 rings (SSSR count). The third-order valence-corrected chi connectivity index (χ3v) is 5.64. The van der Waals surface area contributed by atoms with Gasteiger partial charge in [-0.15, -0.1) is 0 Å². The van der Waals surface area contributed by atoms with E-state index in [1.807, 2.05) is 4.90 Å². The maximum absolute atomic E-state index is 13.4. The maximum atomic E-state index is 13.4. The van der Waals surface area contributed by atoms with E-state index in [0.717, 1.165) is 18.9 Å². The Hall–Kier alpha value is -2.70. The number of aromatic nitrogens is 1. The van der Waals surface area contributed by atoms with Crippen LogP contribution in [0.2, 0.25) is 0 Å². The van der Waals surface area contributed by atoms with Gasteiger partial charge in [0, 0.05) is 50.3 Å². The Morgan fingerprint density at radius 1 is 1.15 bits per heavy atom. The van der Waals surface area contributed by atoms with Gasteiger partial charge in [0.05, 0.1) is 0 Å². The van der Waals surface area contributed by atoms with Crippen LogP contribution in [0.3, 0.4) is 0 Å². The summed E-state index contributed by atoms with van der Waals surface area (Å²) >= 11 is 0. The van der Waals surface area contributed by atoms with Gasteiger partial charge in [0.2, 0.25) is 5.91 Å². The van der Waals surface area contributed by atoms with Crippen molar-refractivity contribution in [1.82, 2.24) is 14.8 Å². The smallest absolute Gasteiger partial charge is 0.270 e. The number of benzene rings is 1. The largest absolute Gasteiger partial charge is 0.357 e. The number of nitrogens with one attached hydrogen (secondary N) is 1. The van der Waals surface area contributed by atoms with E-state index in [0.29, 0.717) is 37.3 Å². The molecule has 27 heavy (non-hydrogen) atoms. The quantitative estimate of drug-likeness (QED) is 0.899. The van der Waals surface area contributed by atoms with E-state index in [2.05, 4.69) is 4.98 Å². The summed E-state index contributed by atoms with van der Waals surface area (Å²) in [7, 11) is 0. The van der Waals surface area contributed by atoms with E-state index in [-0.39, 0.29) is 23.8 Å². The fraction of sp³-hybridized carbons (Fsp3) is 0.400. The molecule has 2 amide bonds. The highest BCUT2D eigenvalue weighted by molar-refractivity contribution is 5.92. The maximum Gasteiger partial charge on any atom is 0.270 e. The van der Waals surface area contributed by atoms with Crippen LogP contribution < -0.4 is 0 Å². The van der Waals surface area contributed by atoms with Crippen molar-refractivity contribution in [1.29, 1.82) is 0 Å². The van der Waals surface area contributed by atoms with E-state index in [1.54, 1.807) is 23.2 Å². The minimum atomic E-state index is -0.637. The van der Waals surface area contributed by atoms with Crippen LogP contribution in [0.15, 0.2) is 36.5 Å². The van der Waals surface area contributed by atoms with Crippen molar-refractivity contribution < 1.29 is 18.4 Å². The molecule has 0 bridgehead atoms. The molecule has 1 N–H and O–H groups in total. The molecule has 1 spiro atoms. The van der Waals surface area contributed by atoms with E-state index in [4.69, 9.17) is 0 Å². The number of piperidine rings is 1. The molecule has 7 heteroatoms. The summed E-state index contributed by atoms with van der Waals surface area (Å²) in [6.07, 6.45) is 3.65. The number of hydrogen-bond donors (Lipinski definition) is 1. The van der Waals surface area contributed by atoms with Crippen LogP contribution in [0.1, 0.15) is 35.3 Å². The minimum Gasteiger partial charge on any atom is -0.357 e. The van der Waals surface area contributed by atoms with E-state index < -0.39 is 11.6 Å². The molecular weight excluding hydrogens is 352 g/mol. The number of carbonyl (C=O) groups is 2. The molecule has 2 aliphatic heterocycles. The number of H-pyrrole nitrogens is 1. The molecule has 0 saturated carbocycles. The van der Waals surface area contributed by atoms with Gasteiger partial charge < -0.3 is 14.8 Å². The molecule has 2 aromatic rings. The molecule has 0 unspecified atom stereocenters. The van der Waals surface area contributed by atoms with Gasteiger partial charge in [-0.2, -0.15) is 0 Å². The highest BCUT2D eigenvalue weighted by atomic mass is 19.1. The number of carbonyl (C=O) groups excluding carboxylic acids is 2. The third-order valence-electron chi connectivity index (χ3n) is 5.64. The van der Waals surface area contributed by atoms with Crippen molar-refractivity contribution in [2.75, 3.05) is 19.6 Å². The summed E-state index contributed by atoms with van der Waals surface area (Å²) in [5.74, 6) is -1.29. The third kappa shape index (κ3) is 3.59. The zero-order valence-corrected chi connectivity index (χ0v) is 14.9. The van der Waals surface area contributed by atoms with Gasteiger partial charge in [0.1, 0.15) is 17.3 Å². The summed E-state index contributed by atoms with van der Waals surface area (Å²) in [5.41, 5.74) is 0.871. The Balaban J connectivity index is 1.40. The van der Waals surface area contributed by atoms with Crippen molar-refractivity contribution in [2.24, 2.45) is 5.41 Å². The standard InChI is InChI=1S/C20H21F2N3O2/c21-15-8-14(9-16(22)10-15)12-25-13-20(11-18(25)26)3-6-24(7-4-20)19(27)17-2-1-5-23-17/h1-2,5,8-10,23H,3-4,6-7,11-13H2. The lowest BCUT2D eigenvalue weighted by Gasteiger charge is -2.38. The van der Waals surface area contributed by atoms with E-state index >= 15 is 0 Å². The first kappa shape index (κ1) is 17.7. The molecular formula is C20H21F2N3O2. The zero-order chi connectivity index (χ0) is 19.0. The first-order valence-corrected chi connectivity index (χ1v) is 9.10. The number of likely N-dealkylation sites (tertiary alicyclic amines) is 2. The molecule has 2 fully saturated rings. The number of nitrogens with zero attached hydrogens (tertiary/aromatic N) is 2. The molecule has 3 heterocycles. The molecule has 2 aliphatic rings. The number of amides is 2. The molecule has 0 aliphatic carbocycles. The van der Waals surface area contributed by atoms with E-state index in [9.17, 15) is 18.4 Å². The molecule has 142 valence electrons. The molecule has 0 radical (unpaired) electrons. The highest BCUT2D eigenvalue weighted by Crippen LogP contribution is 2.41. The fourth-order valence-electron chi connectivity index (χ4n) is 4.20. The van der Waals surface area contributed by atoms with Gasteiger partial charge in [0.25, 0.3) is 5.91 Å². The molecule has 0 atom stereocenters. The Labute approximate surface area is 156 Å². The predicted octanol–water partition coefficient (Wildman–Crippen LogP) is 2.95. The SMILES string of the molecule is O=C1CC2(CCN(C(=O)c3ccc[nH]3)CC2)CN1Cc1cc(F)cc(F)c1. The summed E-state index contributed by atoms with van der Waals surface area (Å²) in [5, 5.41) is 0. The van der Waals surface area contributed by atoms with Crippen LogP contribution in [0.4, 0.5) is 8.78 Å². The lowest BCUT2D eigenvalue weighted by Crippen LogP contribution is -2.44. The first-order chi connectivity index (χ1) is 12.9. The van der Waals surface area contributed by atoms with Crippen LogP contribution >= 0.6 is 0 Å². The van der Waals surface area contributed by atoms with Crippen molar-refractivity contribution in [2.45, 2.75) is 25.8 Å². The van der Waals surface area contributed by atoms with Gasteiger partial charge in [-0.1, -0.05) is 0 Å². The van der Waals surface area contributed by atoms with Crippen molar-refractivity contribution in [3.8, 4) is 0 Å².